The summed E-state index contributed by atoms with van der Waals surface area (Å²) in [5, 5.41) is 3.76. The van der Waals surface area contributed by atoms with E-state index in [0.29, 0.717) is 0 Å². The number of benzene rings is 1. The Morgan fingerprint density at radius 3 is 2.67 bits per heavy atom. The first-order valence-corrected chi connectivity index (χ1v) is 7.74. The third-order valence-corrected chi connectivity index (χ3v) is 4.82. The molecule has 0 bridgehead atoms. The highest BCUT2D eigenvalue weighted by Crippen LogP contribution is 2.29. The van der Waals surface area contributed by atoms with Gasteiger partial charge in [-0.15, -0.1) is 0 Å². The van der Waals surface area contributed by atoms with Crippen LogP contribution in [0.25, 0.3) is 0 Å². The maximum Gasteiger partial charge on any atom is 0.0511 e. The van der Waals surface area contributed by atoms with Crippen LogP contribution >= 0.6 is 15.9 Å². The van der Waals surface area contributed by atoms with Gasteiger partial charge in [-0.3, -0.25) is 0 Å². The van der Waals surface area contributed by atoms with Crippen LogP contribution in [-0.4, -0.2) is 25.2 Å². The van der Waals surface area contributed by atoms with Gasteiger partial charge in [-0.05, 0) is 53.9 Å². The lowest BCUT2D eigenvalue weighted by atomic mass is 9.92. The van der Waals surface area contributed by atoms with Crippen molar-refractivity contribution in [2.45, 2.75) is 38.6 Å². The Balaban J connectivity index is 2.25. The fourth-order valence-corrected chi connectivity index (χ4v) is 3.30. The number of hydrogen-bond acceptors (Lipinski definition) is 2. The molecule has 1 saturated heterocycles. The molecule has 1 N–H and O–H groups in total. The van der Waals surface area contributed by atoms with E-state index in [4.69, 9.17) is 0 Å². The van der Waals surface area contributed by atoms with Gasteiger partial charge in [0.1, 0.15) is 0 Å². The molecule has 0 aliphatic carbocycles. The highest BCUT2D eigenvalue weighted by Gasteiger charge is 2.30. The first-order chi connectivity index (χ1) is 8.71. The van der Waals surface area contributed by atoms with Crippen LogP contribution in [-0.2, 0) is 0 Å². The molecule has 1 aromatic rings. The van der Waals surface area contributed by atoms with Crippen molar-refractivity contribution in [3.63, 3.8) is 0 Å². The lowest BCUT2D eigenvalue weighted by Crippen LogP contribution is -2.50. The fourth-order valence-electron chi connectivity index (χ4n) is 2.76. The molecule has 0 spiro atoms. The molecular formula is C15H23BrN2. The molecule has 1 aromatic carbocycles. The third kappa shape index (κ3) is 2.89. The Hall–Kier alpha value is -0.540. The fraction of sp³-hybridized carbons (Fsp3) is 0.600. The van der Waals surface area contributed by atoms with E-state index in [9.17, 15) is 0 Å². The molecule has 18 heavy (non-hydrogen) atoms. The van der Waals surface area contributed by atoms with Crippen molar-refractivity contribution < 1.29 is 0 Å². The van der Waals surface area contributed by atoms with Crippen LogP contribution in [0.3, 0.4) is 0 Å². The summed E-state index contributed by atoms with van der Waals surface area (Å²) in [6.45, 7) is 7.95. The normalized spacial score (nSPS) is 19.6. The maximum atomic E-state index is 3.76. The molecule has 0 saturated carbocycles. The molecule has 0 atom stereocenters. The van der Waals surface area contributed by atoms with Gasteiger partial charge in [0.25, 0.3) is 0 Å². The van der Waals surface area contributed by atoms with E-state index in [1.165, 1.54) is 29.4 Å². The van der Waals surface area contributed by atoms with E-state index in [1.54, 1.807) is 0 Å². The summed E-state index contributed by atoms with van der Waals surface area (Å²) in [4.78, 5) is 2.52. The van der Waals surface area contributed by atoms with Gasteiger partial charge in [-0.25, -0.2) is 0 Å². The highest BCUT2D eigenvalue weighted by atomic mass is 79.9. The maximum absolute atomic E-state index is 3.76. The summed E-state index contributed by atoms with van der Waals surface area (Å²) in [5.41, 5.74) is 1.60. The van der Waals surface area contributed by atoms with Gasteiger partial charge in [0.05, 0.1) is 5.69 Å². The van der Waals surface area contributed by atoms with Gasteiger partial charge >= 0.3 is 0 Å². The predicted octanol–water partition coefficient (Wildman–Crippen LogP) is 3.81. The second-order valence-electron chi connectivity index (χ2n) is 5.14. The first kappa shape index (κ1) is 13.9. The van der Waals surface area contributed by atoms with Crippen LogP contribution in [0.4, 0.5) is 5.69 Å². The summed E-state index contributed by atoms with van der Waals surface area (Å²) >= 11 is 3.68. The molecule has 1 fully saturated rings. The number of nitrogens with one attached hydrogen (secondary N) is 1. The Labute approximate surface area is 119 Å². The van der Waals surface area contributed by atoms with E-state index < -0.39 is 0 Å². The number of halogens is 1. The van der Waals surface area contributed by atoms with Crippen molar-refractivity contribution >= 4 is 21.6 Å². The van der Waals surface area contributed by atoms with Crippen molar-refractivity contribution in [3.8, 4) is 0 Å². The average Bonchev–Trinajstić information content (AvgIpc) is 2.62. The van der Waals surface area contributed by atoms with Gasteiger partial charge in [0.15, 0.2) is 0 Å². The largest absolute Gasteiger partial charge is 0.369 e. The second-order valence-corrected chi connectivity index (χ2v) is 6.00. The molecule has 100 valence electrons. The predicted molar refractivity (Wildman–Crippen MR) is 82.3 cm³/mol. The Morgan fingerprint density at radius 1 is 1.28 bits per heavy atom. The molecule has 2 nitrogen and oxygen atoms in total. The molecule has 0 amide bonds. The summed E-state index contributed by atoms with van der Waals surface area (Å²) in [5.74, 6) is 0. The molecule has 0 unspecified atom stereocenters. The van der Waals surface area contributed by atoms with Crippen LogP contribution in [0.5, 0.6) is 0 Å². The van der Waals surface area contributed by atoms with Crippen molar-refractivity contribution in [2.24, 2.45) is 0 Å². The zero-order valence-corrected chi connectivity index (χ0v) is 13.0. The monoisotopic (exact) mass is 310 g/mol. The minimum Gasteiger partial charge on any atom is -0.369 e. The third-order valence-electron chi connectivity index (χ3n) is 4.15. The van der Waals surface area contributed by atoms with E-state index in [1.807, 2.05) is 0 Å². The van der Waals surface area contributed by atoms with E-state index in [-0.39, 0.29) is 5.54 Å². The zero-order valence-electron chi connectivity index (χ0n) is 11.4. The zero-order chi connectivity index (χ0) is 13.0. The molecule has 1 aliphatic heterocycles. The van der Waals surface area contributed by atoms with Crippen LogP contribution in [0.15, 0.2) is 28.7 Å². The quantitative estimate of drug-likeness (QED) is 0.913. The summed E-state index contributed by atoms with van der Waals surface area (Å²) in [6, 6.07) is 8.55. The van der Waals surface area contributed by atoms with Crippen LogP contribution < -0.4 is 10.2 Å². The minimum atomic E-state index is 0.270. The highest BCUT2D eigenvalue weighted by molar-refractivity contribution is 9.10. The number of anilines is 1. The molecular weight excluding hydrogens is 288 g/mol. The van der Waals surface area contributed by atoms with Crippen molar-refractivity contribution in [1.82, 2.24) is 5.32 Å². The topological polar surface area (TPSA) is 15.3 Å². The minimum absolute atomic E-state index is 0.270. The van der Waals surface area contributed by atoms with E-state index in [0.717, 1.165) is 19.6 Å². The molecule has 2 rings (SSSR count). The molecule has 0 radical (unpaired) electrons. The molecule has 3 heteroatoms. The smallest absolute Gasteiger partial charge is 0.0511 e. The second kappa shape index (κ2) is 6.07. The number of hydrogen-bond donors (Lipinski definition) is 1. The summed E-state index contributed by atoms with van der Waals surface area (Å²) < 4.78 is 1.20. The van der Waals surface area contributed by atoms with E-state index >= 15 is 0 Å². The van der Waals surface area contributed by atoms with Gasteiger partial charge in [0.2, 0.25) is 0 Å². The van der Waals surface area contributed by atoms with Gasteiger partial charge in [0, 0.05) is 23.1 Å². The van der Waals surface area contributed by atoms with Crippen molar-refractivity contribution in [2.75, 3.05) is 24.5 Å². The Kier molecular flexibility index (Phi) is 4.68. The number of rotatable bonds is 3. The van der Waals surface area contributed by atoms with Crippen LogP contribution in [0, 0.1) is 0 Å². The Morgan fingerprint density at radius 2 is 2.00 bits per heavy atom. The lowest BCUT2D eigenvalue weighted by Gasteiger charge is -2.36. The first-order valence-electron chi connectivity index (χ1n) is 6.95. The summed E-state index contributed by atoms with van der Waals surface area (Å²) in [7, 11) is 0. The summed E-state index contributed by atoms with van der Waals surface area (Å²) in [6.07, 6.45) is 3.58. The number of nitrogens with zero attached hydrogens (tertiary/aromatic N) is 1. The number of para-hydroxylation sites is 1. The lowest BCUT2D eigenvalue weighted by molar-refractivity contribution is 0.321. The molecule has 1 aliphatic rings. The molecule has 1 heterocycles. The SMILES string of the molecule is CCC1(CC)CN(c2ccccc2Br)CCCN1. The van der Waals surface area contributed by atoms with Gasteiger partial charge < -0.3 is 10.2 Å². The standard InChI is InChI=1S/C15H23BrN2/c1-3-15(4-2)12-18(11-7-10-17-15)14-9-6-5-8-13(14)16/h5-6,8-9,17H,3-4,7,10-12H2,1-2H3. The van der Waals surface area contributed by atoms with Gasteiger partial charge in [-0.2, -0.15) is 0 Å². The van der Waals surface area contributed by atoms with Crippen LogP contribution in [0.2, 0.25) is 0 Å². The Bertz CT molecular complexity index is 388. The van der Waals surface area contributed by atoms with Crippen molar-refractivity contribution in [1.29, 1.82) is 0 Å². The van der Waals surface area contributed by atoms with Gasteiger partial charge in [-0.1, -0.05) is 26.0 Å². The van der Waals surface area contributed by atoms with Crippen LogP contribution in [0.1, 0.15) is 33.1 Å². The van der Waals surface area contributed by atoms with E-state index in [2.05, 4.69) is 64.3 Å². The average molecular weight is 311 g/mol. The molecule has 0 aromatic heterocycles. The van der Waals surface area contributed by atoms with Crippen molar-refractivity contribution in [3.05, 3.63) is 28.7 Å².